The molecule has 0 aliphatic rings. The third-order valence-corrected chi connectivity index (χ3v) is 4.92. The van der Waals surface area contributed by atoms with E-state index in [0.717, 1.165) is 5.56 Å². The highest BCUT2D eigenvalue weighted by molar-refractivity contribution is 7.89. The third-order valence-electron chi connectivity index (χ3n) is 2.82. The van der Waals surface area contributed by atoms with E-state index in [1.165, 1.54) is 4.31 Å². The molecule has 1 atom stereocenters. The number of benzene rings is 1. The zero-order chi connectivity index (χ0) is 13.6. The largest absolute Gasteiger partial charge is 0.215 e. The minimum absolute atomic E-state index is 0.0343. The first-order valence-corrected chi connectivity index (χ1v) is 7.52. The Hall–Kier alpha value is -1.38. The maximum atomic E-state index is 12.1. The number of nitriles is 1. The Morgan fingerprint density at radius 2 is 1.94 bits per heavy atom. The summed E-state index contributed by atoms with van der Waals surface area (Å²) in [4.78, 5) is 0. The smallest absolute Gasteiger partial charge is 0.212 e. The van der Waals surface area contributed by atoms with E-state index >= 15 is 0 Å². The van der Waals surface area contributed by atoms with Crippen LogP contribution in [0.5, 0.6) is 0 Å². The van der Waals surface area contributed by atoms with Gasteiger partial charge in [0.2, 0.25) is 10.0 Å². The molecule has 0 amide bonds. The van der Waals surface area contributed by atoms with Crippen LogP contribution in [0.2, 0.25) is 0 Å². The van der Waals surface area contributed by atoms with Gasteiger partial charge in [-0.3, -0.25) is 0 Å². The molecule has 98 valence electrons. The minimum Gasteiger partial charge on any atom is -0.212 e. The number of sulfonamides is 1. The van der Waals surface area contributed by atoms with E-state index in [-0.39, 0.29) is 18.2 Å². The van der Waals surface area contributed by atoms with E-state index in [4.69, 9.17) is 5.26 Å². The lowest BCUT2D eigenvalue weighted by molar-refractivity contribution is 0.459. The van der Waals surface area contributed by atoms with Crippen molar-refractivity contribution in [1.29, 1.82) is 5.26 Å². The molecule has 4 nitrogen and oxygen atoms in total. The molecular weight excluding hydrogens is 248 g/mol. The quantitative estimate of drug-likeness (QED) is 0.739. The predicted octanol–water partition coefficient (Wildman–Crippen LogP) is 1.97. The first-order valence-electron chi connectivity index (χ1n) is 5.91. The van der Waals surface area contributed by atoms with Crippen LogP contribution in [0, 0.1) is 11.3 Å². The fraction of sp³-hybridized carbons (Fsp3) is 0.462. The molecule has 0 fully saturated rings. The summed E-state index contributed by atoms with van der Waals surface area (Å²) in [5, 5.41) is 8.63. The van der Waals surface area contributed by atoms with Crippen LogP contribution < -0.4 is 0 Å². The molecule has 0 spiro atoms. The topological polar surface area (TPSA) is 61.2 Å². The Morgan fingerprint density at radius 3 is 2.44 bits per heavy atom. The van der Waals surface area contributed by atoms with Gasteiger partial charge in [-0.15, -0.1) is 0 Å². The second-order valence-corrected chi connectivity index (χ2v) is 6.19. The van der Waals surface area contributed by atoms with E-state index in [1.54, 1.807) is 6.92 Å². The van der Waals surface area contributed by atoms with Gasteiger partial charge in [0.1, 0.15) is 6.54 Å². The van der Waals surface area contributed by atoms with E-state index in [1.807, 2.05) is 43.3 Å². The molecular formula is C13H18N2O2S. The van der Waals surface area contributed by atoms with Gasteiger partial charge in [0, 0.05) is 6.54 Å². The molecule has 1 aromatic rings. The van der Waals surface area contributed by atoms with E-state index in [0.29, 0.717) is 6.54 Å². The van der Waals surface area contributed by atoms with Gasteiger partial charge in [-0.05, 0) is 11.5 Å². The lowest BCUT2D eigenvalue weighted by atomic mass is 10.0. The van der Waals surface area contributed by atoms with Crippen LogP contribution in [0.3, 0.4) is 0 Å². The van der Waals surface area contributed by atoms with Crippen molar-refractivity contribution in [2.24, 2.45) is 0 Å². The van der Waals surface area contributed by atoms with Crippen molar-refractivity contribution in [3.8, 4) is 6.07 Å². The second kappa shape index (κ2) is 6.53. The number of hydrogen-bond acceptors (Lipinski definition) is 3. The maximum absolute atomic E-state index is 12.1. The van der Waals surface area contributed by atoms with Gasteiger partial charge in [0.15, 0.2) is 0 Å². The molecule has 5 heteroatoms. The molecule has 18 heavy (non-hydrogen) atoms. The van der Waals surface area contributed by atoms with Gasteiger partial charge in [0.05, 0.1) is 11.8 Å². The van der Waals surface area contributed by atoms with Crippen LogP contribution in [-0.4, -0.2) is 31.6 Å². The van der Waals surface area contributed by atoms with E-state index < -0.39 is 10.0 Å². The zero-order valence-corrected chi connectivity index (χ0v) is 11.5. The van der Waals surface area contributed by atoms with Crippen LogP contribution in [0.25, 0.3) is 0 Å². The number of nitrogens with zero attached hydrogens (tertiary/aromatic N) is 2. The Kier molecular flexibility index (Phi) is 5.32. The van der Waals surface area contributed by atoms with Crippen LogP contribution in [-0.2, 0) is 10.0 Å². The highest BCUT2D eigenvalue weighted by atomic mass is 32.2. The zero-order valence-electron chi connectivity index (χ0n) is 10.7. The van der Waals surface area contributed by atoms with Crippen molar-refractivity contribution in [2.45, 2.75) is 19.8 Å². The summed E-state index contributed by atoms with van der Waals surface area (Å²) in [6.07, 6.45) is 0. The summed E-state index contributed by atoms with van der Waals surface area (Å²) < 4.78 is 25.4. The van der Waals surface area contributed by atoms with Gasteiger partial charge in [-0.1, -0.05) is 44.2 Å². The van der Waals surface area contributed by atoms with Gasteiger partial charge in [0.25, 0.3) is 0 Å². The molecule has 0 bridgehead atoms. The summed E-state index contributed by atoms with van der Waals surface area (Å²) in [5.41, 5.74) is 0.995. The molecule has 0 aliphatic heterocycles. The molecule has 0 aliphatic carbocycles. The van der Waals surface area contributed by atoms with Crippen molar-refractivity contribution in [3.63, 3.8) is 0 Å². The van der Waals surface area contributed by atoms with Crippen molar-refractivity contribution in [1.82, 2.24) is 4.31 Å². The Morgan fingerprint density at radius 1 is 1.33 bits per heavy atom. The van der Waals surface area contributed by atoms with Crippen LogP contribution in [0.15, 0.2) is 30.3 Å². The van der Waals surface area contributed by atoms with Gasteiger partial charge < -0.3 is 0 Å². The molecule has 0 radical (unpaired) electrons. The molecule has 1 rings (SSSR count). The number of hydrogen-bond donors (Lipinski definition) is 0. The first kappa shape index (κ1) is 14.7. The second-order valence-electron chi connectivity index (χ2n) is 4.17. The maximum Gasteiger partial charge on any atom is 0.215 e. The molecule has 0 aromatic heterocycles. The SMILES string of the molecule is CCN(CC#N)S(=O)(=O)CC(C)c1ccccc1. The molecule has 1 unspecified atom stereocenters. The average molecular weight is 266 g/mol. The summed E-state index contributed by atoms with van der Waals surface area (Å²) >= 11 is 0. The fourth-order valence-corrected chi connectivity index (χ4v) is 3.47. The Labute approximate surface area is 109 Å². The predicted molar refractivity (Wildman–Crippen MR) is 71.5 cm³/mol. The fourth-order valence-electron chi connectivity index (χ4n) is 1.78. The lowest BCUT2D eigenvalue weighted by Crippen LogP contribution is -2.34. The lowest BCUT2D eigenvalue weighted by Gasteiger charge is -2.20. The van der Waals surface area contributed by atoms with Gasteiger partial charge >= 0.3 is 0 Å². The summed E-state index contributed by atoms with van der Waals surface area (Å²) in [6.45, 7) is 3.87. The van der Waals surface area contributed by atoms with Gasteiger partial charge in [-0.25, -0.2) is 8.42 Å². The Bertz CT molecular complexity index is 506. The minimum atomic E-state index is -3.37. The highest BCUT2D eigenvalue weighted by Crippen LogP contribution is 2.18. The average Bonchev–Trinajstić information content (AvgIpc) is 2.36. The summed E-state index contributed by atoms with van der Waals surface area (Å²) in [5.74, 6) is -0.0454. The molecule has 0 N–H and O–H groups in total. The van der Waals surface area contributed by atoms with Crippen LogP contribution in [0.1, 0.15) is 25.3 Å². The standard InChI is InChI=1S/C13H18N2O2S/c1-3-15(10-9-14)18(16,17)11-12(2)13-7-5-4-6-8-13/h4-8,12H,3,10-11H2,1-2H3. The van der Waals surface area contributed by atoms with Crippen molar-refractivity contribution < 1.29 is 8.42 Å². The summed E-state index contributed by atoms with van der Waals surface area (Å²) in [7, 11) is -3.37. The number of rotatable bonds is 6. The first-order chi connectivity index (χ1) is 8.51. The molecule has 1 aromatic carbocycles. The molecule has 0 heterocycles. The molecule has 0 saturated heterocycles. The summed E-state index contributed by atoms with van der Waals surface area (Å²) in [6, 6.07) is 11.4. The van der Waals surface area contributed by atoms with E-state index in [2.05, 4.69) is 0 Å². The van der Waals surface area contributed by atoms with Crippen molar-refractivity contribution >= 4 is 10.0 Å². The third kappa shape index (κ3) is 3.83. The normalized spacial score (nSPS) is 13.2. The van der Waals surface area contributed by atoms with Crippen LogP contribution in [0.4, 0.5) is 0 Å². The van der Waals surface area contributed by atoms with E-state index in [9.17, 15) is 8.42 Å². The van der Waals surface area contributed by atoms with Gasteiger partial charge in [-0.2, -0.15) is 9.57 Å². The monoisotopic (exact) mass is 266 g/mol. The van der Waals surface area contributed by atoms with Crippen molar-refractivity contribution in [3.05, 3.63) is 35.9 Å². The Balaban J connectivity index is 2.80. The molecule has 0 saturated carbocycles. The highest BCUT2D eigenvalue weighted by Gasteiger charge is 2.23. The van der Waals surface area contributed by atoms with Crippen molar-refractivity contribution in [2.75, 3.05) is 18.8 Å². The van der Waals surface area contributed by atoms with Crippen LogP contribution >= 0.6 is 0 Å².